The fourth-order valence-electron chi connectivity index (χ4n) is 1.88. The summed E-state index contributed by atoms with van der Waals surface area (Å²) in [4.78, 5) is 4.27. The summed E-state index contributed by atoms with van der Waals surface area (Å²) >= 11 is 6.70. The molecule has 2 rings (SSSR count). The van der Waals surface area contributed by atoms with Crippen LogP contribution in [0.4, 0.5) is 8.78 Å². The zero-order valence-corrected chi connectivity index (χ0v) is 13.4. The highest BCUT2D eigenvalue weighted by Gasteiger charge is 2.16. The average Bonchev–Trinajstić information content (AvgIpc) is 2.35. The van der Waals surface area contributed by atoms with Gasteiger partial charge in [0.25, 0.3) is 0 Å². The Bertz CT molecular complexity index is 602. The van der Waals surface area contributed by atoms with E-state index in [0.29, 0.717) is 17.7 Å². The van der Waals surface area contributed by atoms with Crippen molar-refractivity contribution in [2.24, 2.45) is 5.84 Å². The third-order valence-corrected chi connectivity index (χ3v) is 3.80. The highest BCUT2D eigenvalue weighted by molar-refractivity contribution is 9.11. The zero-order valence-electron chi connectivity index (χ0n) is 10.2. The standard InChI is InChI=1S/C13H11Br2F2N3/c14-8-4-11(15)13(19-6-8)12(20-18)3-7-1-9(16)5-10(17)2-7/h1-2,4-6,12,20H,3,18H2. The van der Waals surface area contributed by atoms with Gasteiger partial charge < -0.3 is 0 Å². The first kappa shape index (κ1) is 15.5. The number of nitrogens with zero attached hydrogens (tertiary/aromatic N) is 1. The Balaban J connectivity index is 2.28. The summed E-state index contributed by atoms with van der Waals surface area (Å²) in [5.74, 6) is 4.30. The van der Waals surface area contributed by atoms with Crippen molar-refractivity contribution >= 4 is 31.9 Å². The van der Waals surface area contributed by atoms with E-state index in [0.717, 1.165) is 15.0 Å². The van der Waals surface area contributed by atoms with Crippen molar-refractivity contribution < 1.29 is 8.78 Å². The third kappa shape index (κ3) is 3.82. The lowest BCUT2D eigenvalue weighted by Crippen LogP contribution is -2.30. The highest BCUT2D eigenvalue weighted by atomic mass is 79.9. The second-order valence-electron chi connectivity index (χ2n) is 4.22. The van der Waals surface area contributed by atoms with E-state index in [1.54, 1.807) is 6.20 Å². The quantitative estimate of drug-likeness (QED) is 0.602. The SMILES string of the molecule is NNC(Cc1cc(F)cc(F)c1)c1ncc(Br)cc1Br. The summed E-state index contributed by atoms with van der Waals surface area (Å²) in [5, 5.41) is 0. The minimum absolute atomic E-state index is 0.318. The van der Waals surface area contributed by atoms with Crippen molar-refractivity contribution in [3.63, 3.8) is 0 Å². The molecular weight excluding hydrogens is 396 g/mol. The molecule has 1 aromatic carbocycles. The van der Waals surface area contributed by atoms with Crippen LogP contribution in [0, 0.1) is 11.6 Å². The Labute approximate surface area is 131 Å². The second-order valence-corrected chi connectivity index (χ2v) is 5.99. The first-order valence-electron chi connectivity index (χ1n) is 5.71. The maximum absolute atomic E-state index is 13.2. The molecule has 1 aromatic heterocycles. The van der Waals surface area contributed by atoms with Crippen LogP contribution in [-0.2, 0) is 6.42 Å². The molecular formula is C13H11Br2F2N3. The smallest absolute Gasteiger partial charge is 0.126 e. The van der Waals surface area contributed by atoms with Gasteiger partial charge >= 0.3 is 0 Å². The summed E-state index contributed by atoms with van der Waals surface area (Å²) in [6.07, 6.45) is 1.95. The predicted octanol–water partition coefficient (Wildman–Crippen LogP) is 3.63. The maximum Gasteiger partial charge on any atom is 0.126 e. The second kappa shape index (κ2) is 6.71. The minimum atomic E-state index is -0.612. The number of rotatable bonds is 4. The molecule has 0 amide bonds. The fourth-order valence-corrected chi connectivity index (χ4v) is 3.14. The molecule has 0 saturated carbocycles. The van der Waals surface area contributed by atoms with Gasteiger partial charge in [-0.2, -0.15) is 0 Å². The van der Waals surface area contributed by atoms with Crippen LogP contribution in [0.2, 0.25) is 0 Å². The van der Waals surface area contributed by atoms with Crippen LogP contribution < -0.4 is 11.3 Å². The van der Waals surface area contributed by atoms with Crippen molar-refractivity contribution in [3.05, 3.63) is 62.3 Å². The molecule has 7 heteroatoms. The van der Waals surface area contributed by atoms with Gasteiger partial charge in [-0.05, 0) is 62.0 Å². The molecule has 0 aliphatic carbocycles. The number of benzene rings is 1. The Morgan fingerprint density at radius 1 is 1.15 bits per heavy atom. The molecule has 2 aromatic rings. The summed E-state index contributed by atoms with van der Waals surface area (Å²) in [5.41, 5.74) is 3.78. The summed E-state index contributed by atoms with van der Waals surface area (Å²) in [6, 6.07) is 4.86. The first-order chi connectivity index (χ1) is 9.49. The van der Waals surface area contributed by atoms with E-state index in [1.165, 1.54) is 12.1 Å². The van der Waals surface area contributed by atoms with Crippen LogP contribution in [0.25, 0.3) is 0 Å². The van der Waals surface area contributed by atoms with Crippen LogP contribution in [-0.4, -0.2) is 4.98 Å². The van der Waals surface area contributed by atoms with Crippen molar-refractivity contribution in [1.29, 1.82) is 0 Å². The van der Waals surface area contributed by atoms with Gasteiger partial charge in [0.15, 0.2) is 0 Å². The molecule has 0 saturated heterocycles. The van der Waals surface area contributed by atoms with E-state index < -0.39 is 11.6 Å². The van der Waals surface area contributed by atoms with Crippen molar-refractivity contribution in [1.82, 2.24) is 10.4 Å². The van der Waals surface area contributed by atoms with Gasteiger partial charge in [-0.15, -0.1) is 0 Å². The highest BCUT2D eigenvalue weighted by Crippen LogP contribution is 2.26. The molecule has 106 valence electrons. The number of hydrogen-bond acceptors (Lipinski definition) is 3. The third-order valence-electron chi connectivity index (χ3n) is 2.73. The van der Waals surface area contributed by atoms with E-state index in [4.69, 9.17) is 5.84 Å². The molecule has 1 unspecified atom stereocenters. The fraction of sp³-hybridized carbons (Fsp3) is 0.154. The van der Waals surface area contributed by atoms with E-state index in [1.807, 2.05) is 6.07 Å². The van der Waals surface area contributed by atoms with E-state index in [9.17, 15) is 8.78 Å². The molecule has 0 bridgehead atoms. The lowest BCUT2D eigenvalue weighted by molar-refractivity contribution is 0.527. The first-order valence-corrected chi connectivity index (χ1v) is 7.30. The molecule has 0 aliphatic heterocycles. The number of nitrogens with two attached hydrogens (primary N) is 1. The minimum Gasteiger partial charge on any atom is -0.271 e. The van der Waals surface area contributed by atoms with Gasteiger partial charge in [-0.3, -0.25) is 16.3 Å². The lowest BCUT2D eigenvalue weighted by Gasteiger charge is -2.17. The molecule has 0 fully saturated rings. The molecule has 0 aliphatic rings. The Morgan fingerprint density at radius 3 is 2.35 bits per heavy atom. The largest absolute Gasteiger partial charge is 0.271 e. The van der Waals surface area contributed by atoms with Crippen LogP contribution in [0.3, 0.4) is 0 Å². The van der Waals surface area contributed by atoms with Crippen molar-refractivity contribution in [2.75, 3.05) is 0 Å². The van der Waals surface area contributed by atoms with Crippen LogP contribution in [0.5, 0.6) is 0 Å². The molecule has 3 N–H and O–H groups in total. The number of halogens is 4. The predicted molar refractivity (Wildman–Crippen MR) is 79.8 cm³/mol. The van der Waals surface area contributed by atoms with Crippen molar-refractivity contribution in [2.45, 2.75) is 12.5 Å². The Morgan fingerprint density at radius 2 is 1.80 bits per heavy atom. The van der Waals surface area contributed by atoms with Gasteiger partial charge in [0, 0.05) is 21.2 Å². The molecule has 3 nitrogen and oxygen atoms in total. The van der Waals surface area contributed by atoms with Gasteiger partial charge in [0.1, 0.15) is 11.6 Å². The molecule has 1 heterocycles. The zero-order chi connectivity index (χ0) is 14.7. The number of pyridine rings is 1. The normalized spacial score (nSPS) is 12.4. The number of aromatic nitrogens is 1. The number of nitrogens with one attached hydrogen (secondary N) is 1. The van der Waals surface area contributed by atoms with Gasteiger partial charge in [-0.25, -0.2) is 8.78 Å². The molecule has 0 spiro atoms. The van der Waals surface area contributed by atoms with E-state index in [2.05, 4.69) is 42.3 Å². The Hall–Kier alpha value is -0.890. The molecule has 1 atom stereocenters. The number of hydrazine groups is 1. The van der Waals surface area contributed by atoms with E-state index >= 15 is 0 Å². The molecule has 20 heavy (non-hydrogen) atoms. The average molecular weight is 407 g/mol. The summed E-state index contributed by atoms with van der Waals surface area (Å²) in [7, 11) is 0. The Kier molecular flexibility index (Phi) is 5.20. The van der Waals surface area contributed by atoms with Gasteiger partial charge in [-0.1, -0.05) is 0 Å². The van der Waals surface area contributed by atoms with E-state index in [-0.39, 0.29) is 6.04 Å². The van der Waals surface area contributed by atoms with Crippen LogP contribution in [0.15, 0.2) is 39.4 Å². The monoisotopic (exact) mass is 405 g/mol. The summed E-state index contributed by atoms with van der Waals surface area (Å²) < 4.78 is 28.0. The topological polar surface area (TPSA) is 50.9 Å². The van der Waals surface area contributed by atoms with Crippen molar-refractivity contribution in [3.8, 4) is 0 Å². The lowest BCUT2D eigenvalue weighted by atomic mass is 10.0. The molecule has 0 radical (unpaired) electrons. The van der Waals surface area contributed by atoms with Gasteiger partial charge in [0.2, 0.25) is 0 Å². The maximum atomic E-state index is 13.2. The van der Waals surface area contributed by atoms with Crippen LogP contribution in [0.1, 0.15) is 17.3 Å². The van der Waals surface area contributed by atoms with Crippen LogP contribution >= 0.6 is 31.9 Å². The van der Waals surface area contributed by atoms with Gasteiger partial charge in [0.05, 0.1) is 11.7 Å². The number of hydrogen-bond donors (Lipinski definition) is 2. The summed E-state index contributed by atoms with van der Waals surface area (Å²) in [6.45, 7) is 0.